The zero-order valence-electron chi connectivity index (χ0n) is 17.8. The first-order chi connectivity index (χ1) is 14.4. The third kappa shape index (κ3) is 3.16. The second-order valence-corrected chi connectivity index (χ2v) is 9.23. The van der Waals surface area contributed by atoms with E-state index in [1.807, 2.05) is 0 Å². The molecular formula is C24H24O7. The molecule has 3 N–H and O–H groups in total. The van der Waals surface area contributed by atoms with Crippen molar-refractivity contribution in [1.82, 2.24) is 0 Å². The number of carbonyl (C=O) groups is 3. The number of hydrogen-bond donors (Lipinski definition) is 3. The first-order valence-corrected chi connectivity index (χ1v) is 10.1. The van der Waals surface area contributed by atoms with Crippen LogP contribution in [0.3, 0.4) is 0 Å². The lowest BCUT2D eigenvalue weighted by atomic mass is 9.72. The zero-order chi connectivity index (χ0) is 22.9. The molecule has 0 aromatic heterocycles. The van der Waals surface area contributed by atoms with E-state index in [2.05, 4.69) is 0 Å². The molecule has 2 aromatic carbocycles. The van der Waals surface area contributed by atoms with Crippen LogP contribution in [0.2, 0.25) is 0 Å². The van der Waals surface area contributed by atoms with Crippen LogP contribution in [-0.4, -0.2) is 43.9 Å². The van der Waals surface area contributed by atoms with Crippen molar-refractivity contribution in [3.63, 3.8) is 0 Å². The van der Waals surface area contributed by atoms with Crippen LogP contribution in [0.15, 0.2) is 24.3 Å². The third-order valence-corrected chi connectivity index (χ3v) is 5.93. The number of aliphatic hydroxyl groups is 1. The van der Waals surface area contributed by atoms with Crippen LogP contribution in [0, 0.1) is 0 Å². The van der Waals surface area contributed by atoms with Gasteiger partial charge in [0, 0.05) is 35.1 Å². The Bertz CT molecular complexity index is 1160. The average Bonchev–Trinajstić information content (AvgIpc) is 2.67. The molecule has 2 atom stereocenters. The fraction of sp³-hybridized carbons (Fsp3) is 0.375. The van der Waals surface area contributed by atoms with Crippen LogP contribution in [0.4, 0.5) is 0 Å². The van der Waals surface area contributed by atoms with Gasteiger partial charge < -0.3 is 20.1 Å². The summed E-state index contributed by atoms with van der Waals surface area (Å²) in [4.78, 5) is 38.5. The Morgan fingerprint density at radius 1 is 1.03 bits per heavy atom. The summed E-state index contributed by atoms with van der Waals surface area (Å²) in [5.74, 6) is -2.69. The van der Waals surface area contributed by atoms with E-state index in [4.69, 9.17) is 4.74 Å². The smallest absolute Gasteiger partial charge is 0.198 e. The second-order valence-electron chi connectivity index (χ2n) is 9.23. The van der Waals surface area contributed by atoms with E-state index >= 15 is 0 Å². The fourth-order valence-corrected chi connectivity index (χ4v) is 4.48. The van der Waals surface area contributed by atoms with Gasteiger partial charge in [0.05, 0.1) is 22.8 Å². The number of Topliss-reactive ketones (excluding diaryl/α,β-unsaturated/α-hetero) is 1. The normalized spacial score (nSPS) is 22.5. The number of rotatable bonds is 2. The summed E-state index contributed by atoms with van der Waals surface area (Å²) in [6.45, 7) is 6.55. The topological polar surface area (TPSA) is 121 Å². The molecule has 0 saturated heterocycles. The largest absolute Gasteiger partial charge is 0.507 e. The first-order valence-electron chi connectivity index (χ1n) is 10.1. The number of phenolic OH excluding ortho intramolecular Hbond substituents is 2. The highest BCUT2D eigenvalue weighted by Gasteiger charge is 2.48. The Morgan fingerprint density at radius 2 is 1.55 bits per heavy atom. The third-order valence-electron chi connectivity index (χ3n) is 5.93. The molecule has 7 nitrogen and oxygen atoms in total. The molecule has 31 heavy (non-hydrogen) atoms. The van der Waals surface area contributed by atoms with E-state index in [1.165, 1.54) is 19.1 Å². The van der Waals surface area contributed by atoms with Crippen molar-refractivity contribution >= 4 is 17.3 Å². The molecule has 2 aliphatic rings. The lowest BCUT2D eigenvalue weighted by Crippen LogP contribution is -2.45. The minimum atomic E-state index is -1.85. The maximum absolute atomic E-state index is 13.2. The second kappa shape index (κ2) is 6.73. The van der Waals surface area contributed by atoms with Gasteiger partial charge in [-0.1, -0.05) is 24.3 Å². The van der Waals surface area contributed by atoms with Gasteiger partial charge in [-0.3, -0.25) is 14.4 Å². The van der Waals surface area contributed by atoms with Crippen LogP contribution in [0.1, 0.15) is 83.2 Å². The summed E-state index contributed by atoms with van der Waals surface area (Å²) in [6, 6.07) is 6.19. The molecule has 2 aromatic rings. The minimum Gasteiger partial charge on any atom is -0.507 e. The summed E-state index contributed by atoms with van der Waals surface area (Å²) in [7, 11) is 0. The fourth-order valence-electron chi connectivity index (χ4n) is 4.48. The lowest BCUT2D eigenvalue weighted by Gasteiger charge is -2.40. The molecule has 4 rings (SSSR count). The maximum Gasteiger partial charge on any atom is 0.198 e. The van der Waals surface area contributed by atoms with Crippen molar-refractivity contribution in [3.8, 4) is 11.5 Å². The van der Waals surface area contributed by atoms with Crippen molar-refractivity contribution in [2.24, 2.45) is 0 Å². The van der Waals surface area contributed by atoms with Crippen LogP contribution in [0.5, 0.6) is 11.5 Å². The molecule has 0 amide bonds. The minimum absolute atomic E-state index is 0.0370. The molecule has 0 spiro atoms. The number of phenols is 2. The van der Waals surface area contributed by atoms with Crippen molar-refractivity contribution in [1.29, 1.82) is 0 Å². The van der Waals surface area contributed by atoms with Gasteiger partial charge in [-0.15, -0.1) is 0 Å². The quantitative estimate of drug-likeness (QED) is 0.541. The molecule has 0 bridgehead atoms. The number of carbonyl (C=O) groups excluding carboxylic acids is 3. The zero-order valence-corrected chi connectivity index (χ0v) is 17.8. The molecule has 0 radical (unpaired) electrons. The molecule has 0 saturated carbocycles. The highest BCUT2D eigenvalue weighted by atomic mass is 16.5. The Labute approximate surface area is 179 Å². The monoisotopic (exact) mass is 424 g/mol. The van der Waals surface area contributed by atoms with E-state index in [1.54, 1.807) is 32.9 Å². The molecule has 0 heterocycles. The van der Waals surface area contributed by atoms with Crippen molar-refractivity contribution in [3.05, 3.63) is 57.6 Å². The number of benzene rings is 2. The van der Waals surface area contributed by atoms with E-state index in [0.717, 1.165) is 0 Å². The Morgan fingerprint density at radius 3 is 2.03 bits per heavy atom. The molecule has 0 fully saturated rings. The van der Waals surface area contributed by atoms with Crippen LogP contribution < -0.4 is 0 Å². The Hall–Kier alpha value is -3.03. The van der Waals surface area contributed by atoms with Crippen molar-refractivity contribution in [2.45, 2.75) is 57.8 Å². The molecular weight excluding hydrogens is 400 g/mol. The molecule has 0 aliphatic heterocycles. The average molecular weight is 424 g/mol. The SMILES string of the molecule is CC(=O)[C@@]1(O)Cc2c(O)c3c(c(O)c2[C@@H](OC(C)(C)C)C1)C(=O)c1ccccc1C3=O. The summed E-state index contributed by atoms with van der Waals surface area (Å²) in [5, 5.41) is 33.2. The molecule has 2 aliphatic carbocycles. The van der Waals surface area contributed by atoms with Crippen LogP contribution in [0.25, 0.3) is 0 Å². The summed E-state index contributed by atoms with van der Waals surface area (Å²) < 4.78 is 6.03. The predicted molar refractivity (Wildman–Crippen MR) is 111 cm³/mol. The highest BCUT2D eigenvalue weighted by Crippen LogP contribution is 2.52. The van der Waals surface area contributed by atoms with Crippen LogP contribution in [-0.2, 0) is 16.0 Å². The highest BCUT2D eigenvalue weighted by molar-refractivity contribution is 6.30. The lowest BCUT2D eigenvalue weighted by molar-refractivity contribution is -0.147. The number of fused-ring (bicyclic) bond motifs is 3. The van der Waals surface area contributed by atoms with E-state index in [0.29, 0.717) is 0 Å². The van der Waals surface area contributed by atoms with Gasteiger partial charge >= 0.3 is 0 Å². The molecule has 162 valence electrons. The summed E-state index contributed by atoms with van der Waals surface area (Å²) >= 11 is 0. The van der Waals surface area contributed by atoms with Gasteiger partial charge in [-0.05, 0) is 27.7 Å². The number of aromatic hydroxyl groups is 2. The van der Waals surface area contributed by atoms with Crippen LogP contribution >= 0.6 is 0 Å². The summed E-state index contributed by atoms with van der Waals surface area (Å²) in [6.07, 6.45) is -1.44. The van der Waals surface area contributed by atoms with E-state index < -0.39 is 46.2 Å². The van der Waals surface area contributed by atoms with Gasteiger partial charge in [0.15, 0.2) is 17.3 Å². The van der Waals surface area contributed by atoms with Gasteiger partial charge in [-0.25, -0.2) is 0 Å². The first kappa shape index (κ1) is 21.2. The number of ether oxygens (including phenoxy) is 1. The predicted octanol–water partition coefficient (Wildman–Crippen LogP) is 3.00. The van der Waals surface area contributed by atoms with E-state index in [-0.39, 0.29) is 46.2 Å². The van der Waals surface area contributed by atoms with Gasteiger partial charge in [0.25, 0.3) is 0 Å². The van der Waals surface area contributed by atoms with Gasteiger partial charge in [0.1, 0.15) is 17.1 Å². The Kier molecular flexibility index (Phi) is 4.61. The van der Waals surface area contributed by atoms with E-state index in [9.17, 15) is 29.7 Å². The standard InChI is InChI=1S/C24H24O7/c1-11(25)24(30)9-14-16(15(10-24)31-23(2,3)4)22(29)18-17(21(14)28)19(26)12-7-5-6-8-13(12)20(18)27/h5-8,15,28-30H,9-10H2,1-4H3/t15-,24+/m0/s1. The number of hydrogen-bond acceptors (Lipinski definition) is 7. The molecule has 7 heteroatoms. The van der Waals surface area contributed by atoms with Gasteiger partial charge in [0.2, 0.25) is 0 Å². The van der Waals surface area contributed by atoms with Crippen molar-refractivity contribution in [2.75, 3.05) is 0 Å². The molecule has 0 unspecified atom stereocenters. The Balaban J connectivity index is 2.03. The van der Waals surface area contributed by atoms with Gasteiger partial charge in [-0.2, -0.15) is 0 Å². The summed E-state index contributed by atoms with van der Waals surface area (Å²) in [5.41, 5.74) is -2.75. The van der Waals surface area contributed by atoms with Crippen molar-refractivity contribution < 1.29 is 34.4 Å². The maximum atomic E-state index is 13.2. The number of ketones is 3.